The molecule has 1 fully saturated rings. The van der Waals surface area contributed by atoms with E-state index in [1.807, 2.05) is 51.1 Å². The fourth-order valence-electron chi connectivity index (χ4n) is 3.15. The van der Waals surface area contributed by atoms with Crippen LogP contribution in [0.4, 0.5) is 9.59 Å². The molecule has 0 atom stereocenters. The summed E-state index contributed by atoms with van der Waals surface area (Å²) in [5.74, 6) is 0. The molecule has 0 bridgehead atoms. The summed E-state index contributed by atoms with van der Waals surface area (Å²) < 4.78 is 10.8. The van der Waals surface area contributed by atoms with E-state index in [1.54, 1.807) is 16.8 Å². The molecule has 2 rings (SSSR count). The number of carbonyl (C=O) groups is 2. The van der Waals surface area contributed by atoms with Gasteiger partial charge in [-0.25, -0.2) is 9.59 Å². The van der Waals surface area contributed by atoms with Crippen LogP contribution in [0.3, 0.4) is 0 Å². The normalized spacial score (nSPS) is 15.5. The van der Waals surface area contributed by atoms with E-state index in [1.165, 1.54) is 0 Å². The summed E-state index contributed by atoms with van der Waals surface area (Å²) in [5, 5.41) is 0. The van der Waals surface area contributed by atoms with E-state index < -0.39 is 5.60 Å². The standard InChI is InChI=1S/C22H35N3O4/c1-22(2,3)29-20(26)23(4)12-8-13-24-14-9-15-25(17-16-24)21(27)28-18-19-10-6-5-7-11-19/h5-7,10-11H,8-9,12-18H2,1-4H3. The van der Waals surface area contributed by atoms with Crippen LogP contribution in [-0.2, 0) is 16.1 Å². The summed E-state index contributed by atoms with van der Waals surface area (Å²) >= 11 is 0. The zero-order valence-corrected chi connectivity index (χ0v) is 18.2. The van der Waals surface area contributed by atoms with Crippen molar-refractivity contribution in [1.82, 2.24) is 14.7 Å². The number of carbonyl (C=O) groups excluding carboxylic acids is 2. The van der Waals surface area contributed by atoms with Gasteiger partial charge in [0, 0.05) is 33.2 Å². The minimum Gasteiger partial charge on any atom is -0.445 e. The van der Waals surface area contributed by atoms with Crippen LogP contribution < -0.4 is 0 Å². The Labute approximate surface area is 174 Å². The first-order valence-electron chi connectivity index (χ1n) is 10.4. The topological polar surface area (TPSA) is 62.3 Å². The van der Waals surface area contributed by atoms with Crippen molar-refractivity contribution in [1.29, 1.82) is 0 Å². The largest absolute Gasteiger partial charge is 0.445 e. The van der Waals surface area contributed by atoms with Crippen LogP contribution in [0.5, 0.6) is 0 Å². The Hall–Kier alpha value is -2.28. The van der Waals surface area contributed by atoms with E-state index in [0.29, 0.717) is 26.2 Å². The number of rotatable bonds is 6. The van der Waals surface area contributed by atoms with Gasteiger partial charge in [0.15, 0.2) is 0 Å². The molecule has 0 unspecified atom stereocenters. The Kier molecular flexibility index (Phi) is 8.76. The monoisotopic (exact) mass is 405 g/mol. The van der Waals surface area contributed by atoms with Gasteiger partial charge >= 0.3 is 12.2 Å². The lowest BCUT2D eigenvalue weighted by atomic mass is 10.2. The minimum absolute atomic E-state index is 0.250. The molecule has 162 valence electrons. The van der Waals surface area contributed by atoms with Crippen molar-refractivity contribution >= 4 is 12.2 Å². The van der Waals surface area contributed by atoms with Crippen molar-refractivity contribution < 1.29 is 19.1 Å². The Morgan fingerprint density at radius 3 is 2.48 bits per heavy atom. The Balaban J connectivity index is 1.67. The lowest BCUT2D eigenvalue weighted by Crippen LogP contribution is -2.37. The first-order chi connectivity index (χ1) is 13.7. The van der Waals surface area contributed by atoms with Gasteiger partial charge in [-0.05, 0) is 52.3 Å². The SMILES string of the molecule is CN(CCCN1CCCN(C(=O)OCc2ccccc2)CC1)C(=O)OC(C)(C)C. The first-order valence-corrected chi connectivity index (χ1v) is 10.4. The summed E-state index contributed by atoms with van der Waals surface area (Å²) in [5.41, 5.74) is 0.515. The maximum absolute atomic E-state index is 12.4. The number of hydrogen-bond acceptors (Lipinski definition) is 5. The van der Waals surface area contributed by atoms with E-state index in [9.17, 15) is 9.59 Å². The van der Waals surface area contributed by atoms with Crippen molar-refractivity contribution in [3.8, 4) is 0 Å². The average Bonchev–Trinajstić information content (AvgIpc) is 2.91. The minimum atomic E-state index is -0.477. The van der Waals surface area contributed by atoms with E-state index in [2.05, 4.69) is 4.90 Å². The van der Waals surface area contributed by atoms with Crippen molar-refractivity contribution in [2.24, 2.45) is 0 Å². The van der Waals surface area contributed by atoms with Crippen LogP contribution in [0.1, 0.15) is 39.2 Å². The van der Waals surface area contributed by atoms with Gasteiger partial charge in [0.1, 0.15) is 12.2 Å². The summed E-state index contributed by atoms with van der Waals surface area (Å²) in [7, 11) is 1.76. The molecule has 1 aromatic carbocycles. The number of benzene rings is 1. The molecule has 1 heterocycles. The summed E-state index contributed by atoms with van der Waals surface area (Å²) in [4.78, 5) is 30.1. The maximum atomic E-state index is 12.4. The Morgan fingerprint density at radius 1 is 1.07 bits per heavy atom. The first kappa shape index (κ1) is 23.0. The van der Waals surface area contributed by atoms with Crippen LogP contribution in [0.25, 0.3) is 0 Å². The third-order valence-electron chi connectivity index (χ3n) is 4.72. The molecule has 1 aliphatic heterocycles. The molecule has 0 N–H and O–H groups in total. The van der Waals surface area contributed by atoms with Gasteiger partial charge in [-0.1, -0.05) is 30.3 Å². The fourth-order valence-corrected chi connectivity index (χ4v) is 3.15. The molecule has 0 aliphatic carbocycles. The maximum Gasteiger partial charge on any atom is 0.410 e. The smallest absolute Gasteiger partial charge is 0.410 e. The number of hydrogen-bond donors (Lipinski definition) is 0. The summed E-state index contributed by atoms with van der Waals surface area (Å²) in [6.45, 7) is 10.6. The van der Waals surface area contributed by atoms with Gasteiger partial charge in [-0.3, -0.25) is 0 Å². The zero-order valence-electron chi connectivity index (χ0n) is 18.2. The van der Waals surface area contributed by atoms with E-state index in [-0.39, 0.29) is 12.2 Å². The van der Waals surface area contributed by atoms with Crippen LogP contribution >= 0.6 is 0 Å². The van der Waals surface area contributed by atoms with E-state index >= 15 is 0 Å². The van der Waals surface area contributed by atoms with Crippen molar-refractivity contribution in [2.45, 2.75) is 45.8 Å². The molecule has 0 spiro atoms. The molecule has 0 saturated carbocycles. The highest BCUT2D eigenvalue weighted by atomic mass is 16.6. The van der Waals surface area contributed by atoms with Crippen LogP contribution in [0.15, 0.2) is 30.3 Å². The third-order valence-corrected chi connectivity index (χ3v) is 4.72. The Morgan fingerprint density at radius 2 is 1.79 bits per heavy atom. The van der Waals surface area contributed by atoms with Crippen molar-refractivity contribution in [3.63, 3.8) is 0 Å². The van der Waals surface area contributed by atoms with Crippen molar-refractivity contribution in [2.75, 3.05) is 46.3 Å². The van der Waals surface area contributed by atoms with Gasteiger partial charge in [0.05, 0.1) is 0 Å². The second-order valence-electron chi connectivity index (χ2n) is 8.48. The molecular formula is C22H35N3O4. The molecule has 7 nitrogen and oxygen atoms in total. The number of amides is 2. The highest BCUT2D eigenvalue weighted by Gasteiger charge is 2.21. The van der Waals surface area contributed by atoms with Gasteiger partial charge in [-0.15, -0.1) is 0 Å². The van der Waals surface area contributed by atoms with Gasteiger partial charge in [0.2, 0.25) is 0 Å². The summed E-state index contributed by atoms with van der Waals surface area (Å²) in [6.07, 6.45) is 1.25. The summed E-state index contributed by atoms with van der Waals surface area (Å²) in [6, 6.07) is 9.72. The quantitative estimate of drug-likeness (QED) is 0.724. The predicted octanol–water partition coefficient (Wildman–Crippen LogP) is 3.59. The lowest BCUT2D eigenvalue weighted by molar-refractivity contribution is 0.0292. The second kappa shape index (κ2) is 11.0. The molecule has 29 heavy (non-hydrogen) atoms. The Bertz CT molecular complexity index is 645. The fraction of sp³-hybridized carbons (Fsp3) is 0.636. The highest BCUT2D eigenvalue weighted by Crippen LogP contribution is 2.10. The van der Waals surface area contributed by atoms with Crippen LogP contribution in [0, 0.1) is 0 Å². The number of ether oxygens (including phenoxy) is 2. The molecule has 1 aromatic rings. The average molecular weight is 406 g/mol. The lowest BCUT2D eigenvalue weighted by Gasteiger charge is -2.26. The van der Waals surface area contributed by atoms with E-state index in [4.69, 9.17) is 9.47 Å². The predicted molar refractivity (Wildman–Crippen MR) is 113 cm³/mol. The number of nitrogens with zero attached hydrogens (tertiary/aromatic N) is 3. The molecule has 1 saturated heterocycles. The van der Waals surface area contributed by atoms with Crippen LogP contribution in [0.2, 0.25) is 0 Å². The zero-order chi connectivity index (χ0) is 21.3. The van der Waals surface area contributed by atoms with Gasteiger partial charge in [-0.2, -0.15) is 0 Å². The van der Waals surface area contributed by atoms with Crippen molar-refractivity contribution in [3.05, 3.63) is 35.9 Å². The van der Waals surface area contributed by atoms with Crippen LogP contribution in [-0.4, -0.2) is 78.8 Å². The molecule has 2 amide bonds. The van der Waals surface area contributed by atoms with E-state index in [0.717, 1.165) is 38.0 Å². The van der Waals surface area contributed by atoms with Gasteiger partial charge in [0.25, 0.3) is 0 Å². The second-order valence-corrected chi connectivity index (χ2v) is 8.48. The molecule has 0 radical (unpaired) electrons. The molecule has 1 aliphatic rings. The highest BCUT2D eigenvalue weighted by molar-refractivity contribution is 5.68. The van der Waals surface area contributed by atoms with Gasteiger partial charge < -0.3 is 24.2 Å². The molecular weight excluding hydrogens is 370 g/mol. The molecule has 7 heteroatoms. The third kappa shape index (κ3) is 8.73. The molecule has 0 aromatic heterocycles.